The SMILES string of the molecule is CC.CC#CC.CCCCOCO/N=C1\[C@H](C)C[C@@](C)(OC)C[C@@H](C)[C@H](O[C@H]2C[C@@](C)(OC)[C@@H](O)C(C)O2)C(C)C(=O)C[C@H](CC)C(C)(C)C(O)[C@H]1C. The van der Waals surface area contributed by atoms with E-state index in [1.165, 1.54) is 0 Å². The largest absolute Gasteiger partial charge is 0.392 e. The summed E-state index contributed by atoms with van der Waals surface area (Å²) in [6.07, 6.45) is 1.33. The summed E-state index contributed by atoms with van der Waals surface area (Å²) in [4.78, 5) is 19.9. The third kappa shape index (κ3) is 15.1. The van der Waals surface area contributed by atoms with E-state index in [1.54, 1.807) is 14.2 Å². The van der Waals surface area contributed by atoms with Gasteiger partial charge in [0.25, 0.3) is 0 Å². The molecule has 10 heteroatoms. The zero-order valence-electron chi connectivity index (χ0n) is 36.8. The molecule has 3 unspecified atom stereocenters. The van der Waals surface area contributed by atoms with Gasteiger partial charge in [-0.15, -0.1) is 11.8 Å². The molecule has 1 saturated carbocycles. The van der Waals surface area contributed by atoms with Crippen molar-refractivity contribution in [1.82, 2.24) is 0 Å². The van der Waals surface area contributed by atoms with Crippen LogP contribution < -0.4 is 0 Å². The van der Waals surface area contributed by atoms with Crippen LogP contribution in [0, 0.1) is 46.8 Å². The number of unbranched alkanes of at least 4 members (excludes halogenated alkanes) is 1. The summed E-state index contributed by atoms with van der Waals surface area (Å²) in [5.74, 6) is 4.43. The van der Waals surface area contributed by atoms with Crippen molar-refractivity contribution in [3.63, 3.8) is 0 Å². The first kappa shape index (κ1) is 51.4. The van der Waals surface area contributed by atoms with Crippen LogP contribution in [0.25, 0.3) is 0 Å². The van der Waals surface area contributed by atoms with Gasteiger partial charge in [-0.2, -0.15) is 0 Å². The van der Waals surface area contributed by atoms with Crippen LogP contribution in [0.5, 0.6) is 0 Å². The first-order valence-electron chi connectivity index (χ1n) is 20.2. The molecule has 0 aromatic carbocycles. The maximum Gasteiger partial charge on any atom is 0.216 e. The molecular formula is C43H81NO9. The van der Waals surface area contributed by atoms with E-state index in [9.17, 15) is 15.0 Å². The second-order valence-corrected chi connectivity index (χ2v) is 16.1. The molecule has 312 valence electrons. The van der Waals surface area contributed by atoms with Gasteiger partial charge < -0.3 is 38.7 Å². The summed E-state index contributed by atoms with van der Waals surface area (Å²) in [6, 6.07) is 0. The van der Waals surface area contributed by atoms with Crippen LogP contribution >= 0.6 is 0 Å². The Kier molecular flexibility index (Phi) is 24.1. The number of ether oxygens (including phenoxy) is 5. The van der Waals surface area contributed by atoms with Gasteiger partial charge in [-0.1, -0.05) is 87.2 Å². The van der Waals surface area contributed by atoms with E-state index in [2.05, 4.69) is 51.6 Å². The highest BCUT2D eigenvalue weighted by molar-refractivity contribution is 5.88. The van der Waals surface area contributed by atoms with E-state index < -0.39 is 53.2 Å². The molecular weight excluding hydrogens is 674 g/mol. The van der Waals surface area contributed by atoms with Crippen molar-refractivity contribution < 1.29 is 43.5 Å². The first-order valence-corrected chi connectivity index (χ1v) is 20.2. The van der Waals surface area contributed by atoms with Crippen molar-refractivity contribution in [2.24, 2.45) is 40.2 Å². The minimum atomic E-state index is -0.847. The summed E-state index contributed by atoms with van der Waals surface area (Å²) in [7, 11) is 3.30. The van der Waals surface area contributed by atoms with E-state index in [0.717, 1.165) is 25.0 Å². The molecule has 1 saturated heterocycles. The Morgan fingerprint density at radius 2 is 1.49 bits per heavy atom. The van der Waals surface area contributed by atoms with Crippen molar-refractivity contribution in [2.45, 2.75) is 191 Å². The Hall–Kier alpha value is -1.58. The van der Waals surface area contributed by atoms with E-state index in [-0.39, 0.29) is 36.2 Å². The van der Waals surface area contributed by atoms with Crippen LogP contribution in [0.1, 0.15) is 149 Å². The number of oxime groups is 1. The lowest BCUT2D eigenvalue weighted by Crippen LogP contribution is -2.57. The van der Waals surface area contributed by atoms with E-state index >= 15 is 0 Å². The van der Waals surface area contributed by atoms with Crippen molar-refractivity contribution in [3.8, 4) is 11.8 Å². The molecule has 0 radical (unpaired) electrons. The molecule has 0 bridgehead atoms. The molecule has 2 rings (SSSR count). The van der Waals surface area contributed by atoms with Crippen LogP contribution in [-0.2, 0) is 33.3 Å². The average molecular weight is 756 g/mol. The average Bonchev–Trinajstić information content (AvgIpc) is 3.13. The van der Waals surface area contributed by atoms with Gasteiger partial charge in [-0.25, -0.2) is 0 Å². The number of nitrogens with zero attached hydrogens (tertiary/aromatic N) is 1. The first-order chi connectivity index (χ1) is 24.8. The van der Waals surface area contributed by atoms with Crippen LogP contribution in [0.4, 0.5) is 0 Å². The minimum Gasteiger partial charge on any atom is -0.392 e. The maximum atomic E-state index is 14.2. The lowest BCUT2D eigenvalue weighted by Gasteiger charge is -2.46. The van der Waals surface area contributed by atoms with E-state index in [1.807, 2.05) is 69.2 Å². The second kappa shape index (κ2) is 24.8. The fraction of sp³-hybridized carbons (Fsp3) is 0.907. The summed E-state index contributed by atoms with van der Waals surface area (Å²) < 4.78 is 30.5. The highest BCUT2D eigenvalue weighted by Gasteiger charge is 2.48. The quantitative estimate of drug-likeness (QED) is 0.0923. The summed E-state index contributed by atoms with van der Waals surface area (Å²) in [6.45, 7) is 30.5. The summed E-state index contributed by atoms with van der Waals surface area (Å²) in [5, 5.41) is 27.3. The molecule has 12 atom stereocenters. The Bertz CT molecular complexity index is 1110. The normalized spacial score (nSPS) is 37.5. The monoisotopic (exact) mass is 756 g/mol. The van der Waals surface area contributed by atoms with Crippen LogP contribution in [0.2, 0.25) is 0 Å². The van der Waals surface area contributed by atoms with Gasteiger partial charge in [0.2, 0.25) is 6.79 Å². The smallest absolute Gasteiger partial charge is 0.216 e. The topological polar surface area (TPSA) is 125 Å². The van der Waals surface area contributed by atoms with Gasteiger partial charge in [-0.05, 0) is 71.1 Å². The molecule has 1 aliphatic carbocycles. The second-order valence-electron chi connectivity index (χ2n) is 16.1. The van der Waals surface area contributed by atoms with Gasteiger partial charge in [-0.3, -0.25) is 4.79 Å². The van der Waals surface area contributed by atoms with Crippen molar-refractivity contribution in [3.05, 3.63) is 0 Å². The summed E-state index contributed by atoms with van der Waals surface area (Å²) in [5.41, 5.74) is -1.30. The van der Waals surface area contributed by atoms with Gasteiger partial charge in [0.1, 0.15) is 11.9 Å². The zero-order chi connectivity index (χ0) is 41.2. The van der Waals surface area contributed by atoms with Crippen molar-refractivity contribution in [2.75, 3.05) is 27.6 Å². The minimum absolute atomic E-state index is 0.0466. The third-order valence-electron chi connectivity index (χ3n) is 11.7. The lowest BCUT2D eigenvalue weighted by molar-refractivity contribution is -0.295. The number of carbonyl (C=O) groups excluding carboxylic acids is 1. The van der Waals surface area contributed by atoms with Crippen molar-refractivity contribution >= 4 is 11.5 Å². The van der Waals surface area contributed by atoms with Gasteiger partial charge in [0.15, 0.2) is 6.29 Å². The molecule has 53 heavy (non-hydrogen) atoms. The van der Waals surface area contributed by atoms with Gasteiger partial charge >= 0.3 is 0 Å². The number of ketones is 1. The fourth-order valence-corrected chi connectivity index (χ4v) is 7.97. The predicted molar refractivity (Wildman–Crippen MR) is 214 cm³/mol. The molecule has 0 amide bonds. The number of methoxy groups -OCH3 is 2. The number of Topliss-reactive ketones (excluding diaryl/α,β-unsaturated/α-hetero) is 1. The highest BCUT2D eigenvalue weighted by Crippen LogP contribution is 2.43. The zero-order valence-corrected chi connectivity index (χ0v) is 36.8. The Morgan fingerprint density at radius 3 is 2.00 bits per heavy atom. The van der Waals surface area contributed by atoms with E-state index in [4.69, 9.17) is 28.5 Å². The molecule has 0 aromatic rings. The number of aliphatic hydroxyl groups is 2. The Labute approximate surface area is 324 Å². The third-order valence-corrected chi connectivity index (χ3v) is 11.7. The molecule has 1 aliphatic heterocycles. The van der Waals surface area contributed by atoms with Crippen LogP contribution in [0.3, 0.4) is 0 Å². The lowest BCUT2D eigenvalue weighted by atomic mass is 9.65. The van der Waals surface area contributed by atoms with E-state index in [0.29, 0.717) is 32.3 Å². The van der Waals surface area contributed by atoms with Gasteiger partial charge in [0, 0.05) is 44.8 Å². The van der Waals surface area contributed by atoms with Crippen LogP contribution in [-0.4, -0.2) is 91.2 Å². The number of carbonyl (C=O) groups is 1. The number of hydrogen-bond donors (Lipinski definition) is 2. The Morgan fingerprint density at radius 1 is 0.887 bits per heavy atom. The molecule has 1 heterocycles. The molecule has 10 nitrogen and oxygen atoms in total. The highest BCUT2D eigenvalue weighted by atomic mass is 16.7. The number of rotatable bonds is 11. The van der Waals surface area contributed by atoms with Crippen LogP contribution in [0.15, 0.2) is 5.16 Å². The Balaban J connectivity index is 0.00000420. The molecule has 0 aromatic heterocycles. The fourth-order valence-electron chi connectivity index (χ4n) is 7.97. The molecule has 0 spiro atoms. The molecule has 2 fully saturated rings. The molecule has 2 aliphatic rings. The molecule has 2 N–H and O–H groups in total. The standard InChI is InChI=1S/C37H69NO9.C4H6.C2H6/c1-14-16-17-44-22-45-38-31-23(3)19-36(10,42-12)20-24(4)32(47-30-21-37(11,43-13)34(41)27(7)46-30)25(5)29(39)18-28(15-2)35(8,9)33(40)26(31)6;1-3-4-2;1-2/h23-28,30,32-34,40-41H,14-22H2,1-13H3;1-2H3;1-2H3/b38-31+;;/t23-,24-,25?,26+,27?,28+,30+,32+,33?,34+,36-,37-;;/m1../s1. The summed E-state index contributed by atoms with van der Waals surface area (Å²) >= 11 is 0. The predicted octanol–water partition coefficient (Wildman–Crippen LogP) is 8.59. The van der Waals surface area contributed by atoms with Crippen molar-refractivity contribution in [1.29, 1.82) is 0 Å². The number of hydrogen-bond acceptors (Lipinski definition) is 10. The number of aliphatic hydroxyl groups excluding tert-OH is 2. The van der Waals surface area contributed by atoms with Gasteiger partial charge in [0.05, 0.1) is 41.8 Å². The maximum absolute atomic E-state index is 14.2.